The standard InChI is InChI=1S/C25H27N5O3/c31-23(10-11-24(32)29-17-14-20(27-29)18-6-2-1-3-7-18)28-15-12-19(13-16-28)30-22-9-5-4-8-21(22)26-25(30)33/h1-9,19H,10-17H2,(H,26,33). The zero-order valence-corrected chi connectivity index (χ0v) is 18.4. The first-order valence-corrected chi connectivity index (χ1v) is 11.5. The van der Waals surface area contributed by atoms with Crippen LogP contribution >= 0.6 is 0 Å². The van der Waals surface area contributed by atoms with Crippen molar-refractivity contribution < 1.29 is 9.59 Å². The number of carbonyl (C=O) groups excluding carboxylic acids is 2. The monoisotopic (exact) mass is 445 g/mol. The van der Waals surface area contributed by atoms with E-state index in [2.05, 4.69) is 10.1 Å². The number of likely N-dealkylation sites (tertiary alicyclic amines) is 1. The van der Waals surface area contributed by atoms with E-state index in [4.69, 9.17) is 0 Å². The lowest BCUT2D eigenvalue weighted by Gasteiger charge is -2.32. The molecule has 0 radical (unpaired) electrons. The second kappa shape index (κ2) is 9.05. The molecule has 0 aliphatic carbocycles. The van der Waals surface area contributed by atoms with Crippen LogP contribution in [0, 0.1) is 0 Å². The highest BCUT2D eigenvalue weighted by Crippen LogP contribution is 2.25. The van der Waals surface area contributed by atoms with Gasteiger partial charge >= 0.3 is 5.69 Å². The van der Waals surface area contributed by atoms with Crippen molar-refractivity contribution in [3.8, 4) is 0 Å². The molecular weight excluding hydrogens is 418 g/mol. The normalized spacial score (nSPS) is 16.9. The van der Waals surface area contributed by atoms with Crippen LogP contribution in [-0.2, 0) is 9.59 Å². The molecule has 2 aromatic carbocycles. The van der Waals surface area contributed by atoms with Crippen molar-refractivity contribution in [1.29, 1.82) is 0 Å². The molecule has 0 saturated carbocycles. The molecule has 8 heteroatoms. The van der Waals surface area contributed by atoms with Gasteiger partial charge in [0.25, 0.3) is 0 Å². The predicted molar refractivity (Wildman–Crippen MR) is 126 cm³/mol. The maximum atomic E-state index is 12.7. The number of piperidine rings is 1. The minimum Gasteiger partial charge on any atom is -0.343 e. The molecule has 2 aliphatic heterocycles. The third-order valence-electron chi connectivity index (χ3n) is 6.56. The Bertz CT molecular complexity index is 1250. The van der Waals surface area contributed by atoms with Gasteiger partial charge in [-0.1, -0.05) is 42.5 Å². The summed E-state index contributed by atoms with van der Waals surface area (Å²) in [6, 6.07) is 17.6. The number of hydrogen-bond acceptors (Lipinski definition) is 4. The lowest BCUT2D eigenvalue weighted by Crippen LogP contribution is -2.40. The lowest BCUT2D eigenvalue weighted by molar-refractivity contribution is -0.137. The van der Waals surface area contributed by atoms with Gasteiger partial charge in [-0.05, 0) is 30.5 Å². The smallest absolute Gasteiger partial charge is 0.326 e. The Balaban J connectivity index is 1.14. The van der Waals surface area contributed by atoms with Crippen LogP contribution in [0.1, 0.15) is 43.7 Å². The lowest BCUT2D eigenvalue weighted by atomic mass is 10.0. The molecule has 1 aromatic heterocycles. The van der Waals surface area contributed by atoms with E-state index in [0.29, 0.717) is 19.6 Å². The van der Waals surface area contributed by atoms with Gasteiger partial charge < -0.3 is 9.88 Å². The molecule has 2 aliphatic rings. The quantitative estimate of drug-likeness (QED) is 0.655. The van der Waals surface area contributed by atoms with E-state index in [0.717, 1.165) is 41.6 Å². The van der Waals surface area contributed by atoms with Crippen LogP contribution in [0.25, 0.3) is 11.0 Å². The summed E-state index contributed by atoms with van der Waals surface area (Å²) in [6.07, 6.45) is 2.51. The van der Waals surface area contributed by atoms with Crippen molar-refractivity contribution in [3.63, 3.8) is 0 Å². The maximum absolute atomic E-state index is 12.7. The van der Waals surface area contributed by atoms with E-state index in [1.165, 1.54) is 5.01 Å². The van der Waals surface area contributed by atoms with Crippen LogP contribution in [0.3, 0.4) is 0 Å². The number of aromatic amines is 1. The highest BCUT2D eigenvalue weighted by Gasteiger charge is 2.27. The van der Waals surface area contributed by atoms with Gasteiger partial charge in [-0.3, -0.25) is 14.2 Å². The molecule has 33 heavy (non-hydrogen) atoms. The van der Waals surface area contributed by atoms with Crippen LogP contribution in [0.2, 0.25) is 0 Å². The number of rotatable bonds is 5. The Hall–Kier alpha value is -3.68. The first kappa shape index (κ1) is 21.2. The van der Waals surface area contributed by atoms with Crippen molar-refractivity contribution >= 4 is 28.6 Å². The number of para-hydroxylation sites is 2. The number of aromatic nitrogens is 2. The number of nitrogens with zero attached hydrogens (tertiary/aromatic N) is 4. The molecule has 1 fully saturated rings. The zero-order valence-electron chi connectivity index (χ0n) is 18.4. The second-order valence-corrected chi connectivity index (χ2v) is 8.61. The third-order valence-corrected chi connectivity index (χ3v) is 6.56. The molecule has 0 spiro atoms. The van der Waals surface area contributed by atoms with Crippen LogP contribution in [0.15, 0.2) is 64.5 Å². The molecule has 3 aromatic rings. The Labute approximate surface area is 191 Å². The fourth-order valence-electron chi connectivity index (χ4n) is 4.78. The molecule has 8 nitrogen and oxygen atoms in total. The summed E-state index contributed by atoms with van der Waals surface area (Å²) in [5, 5.41) is 5.95. The molecule has 1 N–H and O–H groups in total. The number of benzene rings is 2. The average molecular weight is 446 g/mol. The van der Waals surface area contributed by atoms with E-state index in [1.807, 2.05) is 64.1 Å². The van der Waals surface area contributed by atoms with Gasteiger partial charge in [0.05, 0.1) is 23.3 Å². The summed E-state index contributed by atoms with van der Waals surface area (Å²) in [5.74, 6) is -0.131. The molecule has 1 saturated heterocycles. The Kier molecular flexibility index (Phi) is 5.81. The van der Waals surface area contributed by atoms with Crippen molar-refractivity contribution in [2.24, 2.45) is 5.10 Å². The van der Waals surface area contributed by atoms with Gasteiger partial charge in [0.15, 0.2) is 0 Å². The maximum Gasteiger partial charge on any atom is 0.326 e. The highest BCUT2D eigenvalue weighted by molar-refractivity contribution is 6.02. The third kappa shape index (κ3) is 4.33. The summed E-state index contributed by atoms with van der Waals surface area (Å²) in [5.41, 5.74) is 3.57. The van der Waals surface area contributed by atoms with Crippen LogP contribution in [0.5, 0.6) is 0 Å². The average Bonchev–Trinajstić information content (AvgIpc) is 3.47. The molecule has 2 amide bonds. The Morgan fingerprint density at radius 2 is 1.61 bits per heavy atom. The van der Waals surface area contributed by atoms with Crippen LogP contribution in [0.4, 0.5) is 0 Å². The predicted octanol–water partition coefficient (Wildman–Crippen LogP) is 2.91. The molecular formula is C25H27N5O3. The number of hydrogen-bond donors (Lipinski definition) is 1. The Morgan fingerprint density at radius 1 is 0.909 bits per heavy atom. The first-order chi connectivity index (χ1) is 16.1. The van der Waals surface area contributed by atoms with Gasteiger partial charge in [0, 0.05) is 38.4 Å². The van der Waals surface area contributed by atoms with E-state index in [9.17, 15) is 14.4 Å². The minimum absolute atomic E-state index is 0.0143. The number of fused-ring (bicyclic) bond motifs is 1. The fraction of sp³-hybridized carbons (Fsp3) is 0.360. The van der Waals surface area contributed by atoms with Gasteiger partial charge in [-0.2, -0.15) is 5.10 Å². The molecule has 0 bridgehead atoms. The summed E-state index contributed by atoms with van der Waals surface area (Å²) in [7, 11) is 0. The number of nitrogens with one attached hydrogen (secondary N) is 1. The molecule has 170 valence electrons. The van der Waals surface area contributed by atoms with E-state index >= 15 is 0 Å². The number of hydrazone groups is 1. The van der Waals surface area contributed by atoms with Crippen molar-refractivity contribution in [3.05, 3.63) is 70.6 Å². The van der Waals surface area contributed by atoms with Gasteiger partial charge in [-0.15, -0.1) is 0 Å². The largest absolute Gasteiger partial charge is 0.343 e. The van der Waals surface area contributed by atoms with E-state index in [1.54, 1.807) is 0 Å². The molecule has 5 rings (SSSR count). The zero-order chi connectivity index (χ0) is 22.8. The Morgan fingerprint density at radius 3 is 2.39 bits per heavy atom. The number of amides is 2. The second-order valence-electron chi connectivity index (χ2n) is 8.61. The van der Waals surface area contributed by atoms with Crippen molar-refractivity contribution in [1.82, 2.24) is 19.5 Å². The van der Waals surface area contributed by atoms with E-state index in [-0.39, 0.29) is 36.4 Å². The molecule has 0 unspecified atom stereocenters. The SMILES string of the molecule is O=C(CCC(=O)N1CCC(c2ccccc2)=N1)N1CCC(n2c(=O)[nH]c3ccccc32)CC1. The van der Waals surface area contributed by atoms with Crippen LogP contribution in [-0.4, -0.2) is 56.6 Å². The summed E-state index contributed by atoms with van der Waals surface area (Å²) in [4.78, 5) is 42.5. The van der Waals surface area contributed by atoms with Crippen molar-refractivity contribution in [2.75, 3.05) is 19.6 Å². The topological polar surface area (TPSA) is 90.8 Å². The van der Waals surface area contributed by atoms with Gasteiger partial charge in [-0.25, -0.2) is 9.80 Å². The number of H-pyrrole nitrogens is 1. The van der Waals surface area contributed by atoms with Crippen LogP contribution < -0.4 is 5.69 Å². The summed E-state index contributed by atoms with van der Waals surface area (Å²) in [6.45, 7) is 1.73. The van der Waals surface area contributed by atoms with E-state index < -0.39 is 0 Å². The summed E-state index contributed by atoms with van der Waals surface area (Å²) < 4.78 is 1.82. The summed E-state index contributed by atoms with van der Waals surface area (Å²) >= 11 is 0. The van der Waals surface area contributed by atoms with Crippen molar-refractivity contribution in [2.45, 2.75) is 38.1 Å². The highest BCUT2D eigenvalue weighted by atomic mass is 16.2. The van der Waals surface area contributed by atoms with Gasteiger partial charge in [0.2, 0.25) is 11.8 Å². The van der Waals surface area contributed by atoms with Gasteiger partial charge in [0.1, 0.15) is 0 Å². The number of carbonyl (C=O) groups is 2. The number of imidazole rings is 1. The molecule has 0 atom stereocenters. The molecule has 3 heterocycles. The first-order valence-electron chi connectivity index (χ1n) is 11.5. The minimum atomic E-state index is -0.116. The fourth-order valence-corrected chi connectivity index (χ4v) is 4.78.